The fourth-order valence-corrected chi connectivity index (χ4v) is 0.944. The molecule has 0 fully saturated rings. The number of hydrogen-bond acceptors (Lipinski definition) is 7. The number of hydrogen-bond donors (Lipinski definition) is 1. The second-order valence-corrected chi connectivity index (χ2v) is 3.70. The maximum atomic E-state index is 11.0. The van der Waals surface area contributed by atoms with Crippen molar-refractivity contribution in [2.24, 2.45) is 0 Å². The van der Waals surface area contributed by atoms with Crippen LogP contribution < -0.4 is 0 Å². The average molecular weight is 294 g/mol. The molecule has 0 radical (unpaired) electrons. The van der Waals surface area contributed by atoms with Gasteiger partial charge in [-0.05, 0) is 13.8 Å². The molecule has 7 heteroatoms. The van der Waals surface area contributed by atoms with Gasteiger partial charge in [-0.15, -0.1) is 0 Å². The van der Waals surface area contributed by atoms with Gasteiger partial charge in [-0.1, -0.05) is 13.8 Å². The van der Waals surface area contributed by atoms with Crippen LogP contribution in [0.2, 0.25) is 0 Å². The van der Waals surface area contributed by atoms with Gasteiger partial charge in [0.25, 0.3) is 0 Å². The van der Waals surface area contributed by atoms with Crippen molar-refractivity contribution >= 4 is 12.1 Å². The first-order chi connectivity index (χ1) is 9.45. The van der Waals surface area contributed by atoms with Crippen molar-refractivity contribution in [2.45, 2.75) is 46.8 Å². The average Bonchev–Trinajstić information content (AvgIpc) is 2.42. The van der Waals surface area contributed by atoms with Crippen molar-refractivity contribution in [3.05, 3.63) is 0 Å². The van der Waals surface area contributed by atoms with E-state index in [0.717, 1.165) is 0 Å². The summed E-state index contributed by atoms with van der Waals surface area (Å²) in [5, 5.41) is 8.43. The molecule has 120 valence electrons. The van der Waals surface area contributed by atoms with Crippen molar-refractivity contribution in [3.63, 3.8) is 0 Å². The molecule has 2 unspecified atom stereocenters. The van der Waals surface area contributed by atoms with Crippen LogP contribution in [0.3, 0.4) is 0 Å². The number of aliphatic hydroxyl groups excluding tert-OH is 1. The highest BCUT2D eigenvalue weighted by atomic mass is 16.7. The van der Waals surface area contributed by atoms with E-state index in [2.05, 4.69) is 4.74 Å². The molecule has 2 atom stereocenters. The van der Waals surface area contributed by atoms with Gasteiger partial charge in [-0.25, -0.2) is 4.79 Å². The first-order valence-electron chi connectivity index (χ1n) is 6.65. The summed E-state index contributed by atoms with van der Waals surface area (Å²) in [4.78, 5) is 21.5. The summed E-state index contributed by atoms with van der Waals surface area (Å²) >= 11 is 0. The number of ether oxygens (including phenoxy) is 4. The molecule has 0 bridgehead atoms. The standard InChI is InChI=1S/C11H20O7.C2H6/c1-8(6-17-10(3)13)16-7-9(2)18-11(14)15-5-4-12;1-2/h8-9,12H,4-7H2,1-3H3;1-2H3. The Morgan fingerprint density at radius 2 is 1.65 bits per heavy atom. The fraction of sp³-hybridized carbons (Fsp3) is 0.846. The SMILES string of the molecule is CC.CC(=O)OCC(C)OCC(C)OC(=O)OCCO. The quantitative estimate of drug-likeness (QED) is 0.678. The summed E-state index contributed by atoms with van der Waals surface area (Å²) in [6, 6.07) is 0. The third-order valence-electron chi connectivity index (χ3n) is 1.75. The molecule has 0 aliphatic carbocycles. The summed E-state index contributed by atoms with van der Waals surface area (Å²) < 4.78 is 19.4. The number of aliphatic hydroxyl groups is 1. The summed E-state index contributed by atoms with van der Waals surface area (Å²) in [6.07, 6.45) is -1.63. The molecule has 0 aromatic rings. The minimum atomic E-state index is -0.854. The van der Waals surface area contributed by atoms with Crippen LogP contribution in [0.25, 0.3) is 0 Å². The van der Waals surface area contributed by atoms with Gasteiger partial charge in [0.2, 0.25) is 0 Å². The molecule has 20 heavy (non-hydrogen) atoms. The maximum absolute atomic E-state index is 11.0. The molecule has 7 nitrogen and oxygen atoms in total. The molecular weight excluding hydrogens is 268 g/mol. The van der Waals surface area contributed by atoms with Gasteiger partial charge < -0.3 is 24.1 Å². The van der Waals surface area contributed by atoms with E-state index in [9.17, 15) is 9.59 Å². The summed E-state index contributed by atoms with van der Waals surface area (Å²) in [5.41, 5.74) is 0. The third-order valence-corrected chi connectivity index (χ3v) is 1.75. The lowest BCUT2D eigenvalue weighted by Gasteiger charge is -2.17. The van der Waals surface area contributed by atoms with Crippen molar-refractivity contribution in [1.82, 2.24) is 0 Å². The second kappa shape index (κ2) is 14.1. The lowest BCUT2D eigenvalue weighted by Crippen LogP contribution is -2.26. The van der Waals surface area contributed by atoms with Gasteiger partial charge in [0.1, 0.15) is 19.3 Å². The lowest BCUT2D eigenvalue weighted by atomic mass is 10.4. The third kappa shape index (κ3) is 14.7. The first-order valence-corrected chi connectivity index (χ1v) is 6.65. The Morgan fingerprint density at radius 1 is 1.05 bits per heavy atom. The van der Waals surface area contributed by atoms with Gasteiger partial charge in [0.05, 0.1) is 19.3 Å². The highest BCUT2D eigenvalue weighted by molar-refractivity contribution is 5.65. The summed E-state index contributed by atoms with van der Waals surface area (Å²) in [6.45, 7) is 8.65. The number of esters is 1. The van der Waals surface area contributed by atoms with Crippen molar-refractivity contribution in [2.75, 3.05) is 26.4 Å². The monoisotopic (exact) mass is 294 g/mol. The zero-order valence-electron chi connectivity index (χ0n) is 12.9. The zero-order valence-corrected chi connectivity index (χ0v) is 12.9. The molecule has 0 spiro atoms. The number of rotatable bonds is 8. The van der Waals surface area contributed by atoms with Crippen molar-refractivity contribution < 1.29 is 33.6 Å². The Bertz CT molecular complexity index is 255. The van der Waals surface area contributed by atoms with Crippen molar-refractivity contribution in [3.8, 4) is 0 Å². The van der Waals surface area contributed by atoms with Gasteiger partial charge >= 0.3 is 12.1 Å². The predicted octanol–water partition coefficient (Wildman–Crippen LogP) is 1.51. The highest BCUT2D eigenvalue weighted by Gasteiger charge is 2.13. The number of carbonyl (C=O) groups is 2. The van der Waals surface area contributed by atoms with E-state index in [4.69, 9.17) is 19.3 Å². The Kier molecular flexibility index (Phi) is 14.8. The smallest absolute Gasteiger partial charge is 0.463 e. The second-order valence-electron chi connectivity index (χ2n) is 3.70. The van der Waals surface area contributed by atoms with E-state index in [0.29, 0.717) is 0 Å². The van der Waals surface area contributed by atoms with Crippen LogP contribution >= 0.6 is 0 Å². The van der Waals surface area contributed by atoms with E-state index in [1.54, 1.807) is 13.8 Å². The normalized spacial score (nSPS) is 12.5. The van der Waals surface area contributed by atoms with Crippen LogP contribution in [0.15, 0.2) is 0 Å². The van der Waals surface area contributed by atoms with E-state index >= 15 is 0 Å². The van der Waals surface area contributed by atoms with E-state index in [1.165, 1.54) is 6.92 Å². The molecular formula is C13H26O7. The number of carbonyl (C=O) groups excluding carboxylic acids is 2. The lowest BCUT2D eigenvalue weighted by molar-refractivity contribution is -0.145. The Labute approximate surface area is 120 Å². The van der Waals surface area contributed by atoms with Gasteiger partial charge in [0.15, 0.2) is 0 Å². The van der Waals surface area contributed by atoms with Gasteiger partial charge in [-0.2, -0.15) is 0 Å². The van der Waals surface area contributed by atoms with E-state index in [-0.39, 0.29) is 38.5 Å². The summed E-state index contributed by atoms with van der Waals surface area (Å²) in [5.74, 6) is -0.373. The molecule has 0 saturated carbocycles. The topological polar surface area (TPSA) is 91.3 Å². The van der Waals surface area contributed by atoms with Crippen LogP contribution in [0, 0.1) is 0 Å². The Hall–Kier alpha value is -1.34. The van der Waals surface area contributed by atoms with Crippen LogP contribution in [-0.2, 0) is 23.7 Å². The van der Waals surface area contributed by atoms with Crippen molar-refractivity contribution in [1.29, 1.82) is 0 Å². The fourth-order valence-electron chi connectivity index (χ4n) is 0.944. The molecule has 0 amide bonds. The predicted molar refractivity (Wildman–Crippen MR) is 72.4 cm³/mol. The van der Waals surface area contributed by atoms with Crippen LogP contribution in [0.4, 0.5) is 4.79 Å². The Balaban J connectivity index is 0. The molecule has 0 rings (SSSR count). The zero-order chi connectivity index (χ0) is 16.0. The minimum absolute atomic E-state index is 0.102. The molecule has 0 aromatic heterocycles. The molecule has 0 aromatic carbocycles. The van der Waals surface area contributed by atoms with Crippen LogP contribution in [0.5, 0.6) is 0 Å². The molecule has 0 aliphatic heterocycles. The summed E-state index contributed by atoms with van der Waals surface area (Å²) in [7, 11) is 0. The highest BCUT2D eigenvalue weighted by Crippen LogP contribution is 1.99. The molecule has 0 saturated heterocycles. The van der Waals surface area contributed by atoms with Crippen LogP contribution in [-0.4, -0.2) is 55.9 Å². The van der Waals surface area contributed by atoms with Gasteiger partial charge in [0, 0.05) is 6.92 Å². The first kappa shape index (κ1) is 21.0. The minimum Gasteiger partial charge on any atom is -0.463 e. The van der Waals surface area contributed by atoms with E-state index in [1.807, 2.05) is 13.8 Å². The molecule has 0 heterocycles. The molecule has 0 aliphatic rings. The Morgan fingerprint density at radius 3 is 2.15 bits per heavy atom. The van der Waals surface area contributed by atoms with Crippen LogP contribution in [0.1, 0.15) is 34.6 Å². The molecule has 1 N–H and O–H groups in total. The van der Waals surface area contributed by atoms with E-state index < -0.39 is 12.3 Å². The largest absolute Gasteiger partial charge is 0.508 e. The van der Waals surface area contributed by atoms with Gasteiger partial charge in [-0.3, -0.25) is 4.79 Å². The maximum Gasteiger partial charge on any atom is 0.508 e.